The van der Waals surface area contributed by atoms with E-state index in [0.29, 0.717) is 13.2 Å². The number of rotatable bonds is 22. The van der Waals surface area contributed by atoms with E-state index >= 15 is 0 Å². The quantitative estimate of drug-likeness (QED) is 0.0580. The van der Waals surface area contributed by atoms with Crippen LogP contribution in [0.2, 0.25) is 0 Å². The zero-order valence-corrected chi connectivity index (χ0v) is 48.9. The van der Waals surface area contributed by atoms with Crippen molar-refractivity contribution < 1.29 is 18.9 Å². The second kappa shape index (κ2) is 22.7. The summed E-state index contributed by atoms with van der Waals surface area (Å²) < 4.78 is 33.2. The third-order valence-electron chi connectivity index (χ3n) is 12.0. The zero-order chi connectivity index (χ0) is 45.5. The van der Waals surface area contributed by atoms with Crippen LogP contribution in [0.25, 0.3) is 0 Å². The molecule has 0 aliphatic carbocycles. The molecular formula is C49H56Br8O4. The topological polar surface area (TPSA) is 36.9 Å². The lowest BCUT2D eigenvalue weighted by Crippen LogP contribution is -2.35. The molecule has 0 radical (unpaired) electrons. The Bertz CT molecular complexity index is 2100. The predicted molar refractivity (Wildman–Crippen MR) is 285 cm³/mol. The Kier molecular flexibility index (Phi) is 19.8. The molecule has 0 saturated carbocycles. The molecule has 0 saturated heterocycles. The van der Waals surface area contributed by atoms with E-state index in [2.05, 4.69) is 245 Å². The summed E-state index contributed by atoms with van der Waals surface area (Å²) in [5, 5.41) is 0. The molecule has 4 aromatic carbocycles. The van der Waals surface area contributed by atoms with Crippen LogP contribution in [0.3, 0.4) is 0 Å². The van der Waals surface area contributed by atoms with Crippen LogP contribution in [0.4, 0.5) is 0 Å². The maximum Gasteiger partial charge on any atom is 0.148 e. The minimum atomic E-state index is -0.381. The molecule has 12 heteroatoms. The molecular weight excluding hydrogens is 1290 g/mol. The smallest absolute Gasteiger partial charge is 0.148 e. The molecule has 0 amide bonds. The molecule has 0 unspecified atom stereocenters. The second-order valence-electron chi connectivity index (χ2n) is 16.4. The van der Waals surface area contributed by atoms with Gasteiger partial charge in [0.2, 0.25) is 0 Å². The SMILES string of the molecule is C=CCOc1c(Br)cc(C(C)(C)c2cc(Br)c(OC(CC)(CC)CCCOc3c(Br)cc(C(C)(C)c4cc(Br)c(OC(CC)(CC)CC=C)c(Br)c4)cc3Br)c(Br)c2)cc1Br. The van der Waals surface area contributed by atoms with Gasteiger partial charge in [-0.25, -0.2) is 0 Å². The summed E-state index contributed by atoms with van der Waals surface area (Å²) in [6.45, 7) is 26.3. The van der Waals surface area contributed by atoms with E-state index in [1.165, 1.54) is 0 Å². The zero-order valence-electron chi connectivity index (χ0n) is 36.2. The van der Waals surface area contributed by atoms with Gasteiger partial charge in [-0.1, -0.05) is 74.1 Å². The molecule has 0 N–H and O–H groups in total. The Morgan fingerprint density at radius 3 is 1.08 bits per heavy atom. The van der Waals surface area contributed by atoms with Crippen LogP contribution in [0, 0.1) is 0 Å². The van der Waals surface area contributed by atoms with Gasteiger partial charge in [-0.15, -0.1) is 6.58 Å². The van der Waals surface area contributed by atoms with Gasteiger partial charge in [0.1, 0.15) is 40.8 Å². The van der Waals surface area contributed by atoms with E-state index in [9.17, 15) is 0 Å². The van der Waals surface area contributed by atoms with Gasteiger partial charge in [0.15, 0.2) is 0 Å². The molecule has 0 aliphatic rings. The molecule has 4 aromatic rings. The fourth-order valence-electron chi connectivity index (χ4n) is 7.42. The fraction of sp³-hybridized carbons (Fsp3) is 0.429. The summed E-state index contributed by atoms with van der Waals surface area (Å²) in [4.78, 5) is 0. The molecule has 61 heavy (non-hydrogen) atoms. The van der Waals surface area contributed by atoms with Crippen molar-refractivity contribution in [3.63, 3.8) is 0 Å². The van der Waals surface area contributed by atoms with Crippen LogP contribution >= 0.6 is 127 Å². The summed E-state index contributed by atoms with van der Waals surface area (Å²) in [7, 11) is 0. The van der Waals surface area contributed by atoms with Crippen molar-refractivity contribution in [1.29, 1.82) is 0 Å². The van der Waals surface area contributed by atoms with Crippen LogP contribution in [0.15, 0.2) is 110 Å². The number of ether oxygens (including phenoxy) is 4. The monoisotopic (exact) mass is 1340 g/mol. The lowest BCUT2D eigenvalue weighted by Gasteiger charge is -2.35. The highest BCUT2D eigenvalue weighted by Gasteiger charge is 2.34. The first-order chi connectivity index (χ1) is 28.7. The highest BCUT2D eigenvalue weighted by Crippen LogP contribution is 2.48. The van der Waals surface area contributed by atoms with Crippen molar-refractivity contribution in [2.24, 2.45) is 0 Å². The lowest BCUT2D eigenvalue weighted by molar-refractivity contribution is 0.0434. The third-order valence-corrected chi connectivity index (χ3v) is 16.7. The van der Waals surface area contributed by atoms with Crippen molar-refractivity contribution in [2.45, 2.75) is 122 Å². The van der Waals surface area contributed by atoms with Crippen molar-refractivity contribution in [1.82, 2.24) is 0 Å². The molecule has 4 rings (SSSR count). The van der Waals surface area contributed by atoms with Gasteiger partial charge in [-0.3, -0.25) is 0 Å². The lowest BCUT2D eigenvalue weighted by atomic mass is 9.78. The first kappa shape index (κ1) is 53.0. The van der Waals surface area contributed by atoms with Gasteiger partial charge >= 0.3 is 0 Å². The summed E-state index contributed by atoms with van der Waals surface area (Å²) in [5.74, 6) is 3.15. The van der Waals surface area contributed by atoms with Crippen molar-refractivity contribution in [3.05, 3.63) is 132 Å². The Morgan fingerprint density at radius 2 is 0.770 bits per heavy atom. The Hall–Kier alpha value is -0.600. The van der Waals surface area contributed by atoms with Crippen LogP contribution in [-0.2, 0) is 10.8 Å². The Balaban J connectivity index is 1.48. The van der Waals surface area contributed by atoms with Crippen LogP contribution < -0.4 is 18.9 Å². The largest absolute Gasteiger partial charge is 0.491 e. The summed E-state index contributed by atoms with van der Waals surface area (Å²) in [6, 6.07) is 17.2. The molecule has 0 bridgehead atoms. The van der Waals surface area contributed by atoms with E-state index in [-0.39, 0.29) is 22.0 Å². The van der Waals surface area contributed by atoms with Gasteiger partial charge in [-0.05, 0) is 237 Å². The Labute approximate surface area is 432 Å². The highest BCUT2D eigenvalue weighted by molar-refractivity contribution is 9.12. The molecule has 0 aliphatic heterocycles. The first-order valence-electron chi connectivity index (χ1n) is 20.5. The maximum absolute atomic E-state index is 6.97. The van der Waals surface area contributed by atoms with Crippen LogP contribution in [0.1, 0.15) is 123 Å². The van der Waals surface area contributed by atoms with Crippen molar-refractivity contribution >= 4 is 127 Å². The molecule has 0 aromatic heterocycles. The molecule has 0 heterocycles. The van der Waals surface area contributed by atoms with Gasteiger partial charge in [0.25, 0.3) is 0 Å². The van der Waals surface area contributed by atoms with Gasteiger partial charge < -0.3 is 18.9 Å². The molecule has 332 valence electrons. The molecule has 0 atom stereocenters. The highest BCUT2D eigenvalue weighted by atomic mass is 79.9. The average molecular weight is 1350 g/mol. The minimum Gasteiger partial charge on any atom is -0.491 e. The average Bonchev–Trinajstić information content (AvgIpc) is 3.21. The number of hydrogen-bond acceptors (Lipinski definition) is 4. The Morgan fingerprint density at radius 1 is 0.459 bits per heavy atom. The van der Waals surface area contributed by atoms with E-state index in [1.54, 1.807) is 6.08 Å². The van der Waals surface area contributed by atoms with Crippen LogP contribution in [-0.4, -0.2) is 24.4 Å². The molecule has 0 fully saturated rings. The second-order valence-corrected chi connectivity index (χ2v) is 23.2. The number of halogens is 8. The van der Waals surface area contributed by atoms with Gasteiger partial charge in [0, 0.05) is 17.3 Å². The van der Waals surface area contributed by atoms with E-state index in [0.717, 1.165) is 126 Å². The number of benzene rings is 4. The van der Waals surface area contributed by atoms with E-state index < -0.39 is 0 Å². The third kappa shape index (κ3) is 12.4. The predicted octanol–water partition coefficient (Wildman–Crippen LogP) is 19.3. The fourth-order valence-corrected chi connectivity index (χ4v) is 12.9. The summed E-state index contributed by atoms with van der Waals surface area (Å²) in [5.41, 5.74) is 3.19. The number of hydrogen-bond donors (Lipinski definition) is 0. The summed E-state index contributed by atoms with van der Waals surface area (Å²) in [6.07, 6.45) is 9.56. The van der Waals surface area contributed by atoms with Gasteiger partial charge in [0.05, 0.1) is 42.4 Å². The van der Waals surface area contributed by atoms with E-state index in [1.807, 2.05) is 6.08 Å². The first-order valence-corrected chi connectivity index (χ1v) is 26.9. The van der Waals surface area contributed by atoms with Crippen molar-refractivity contribution in [3.8, 4) is 23.0 Å². The minimum absolute atomic E-state index is 0.303. The molecule has 0 spiro atoms. The molecule has 4 nitrogen and oxygen atoms in total. The van der Waals surface area contributed by atoms with Gasteiger partial charge in [-0.2, -0.15) is 0 Å². The maximum atomic E-state index is 6.97. The standard InChI is InChI=1S/C49H56Br8O4/c1-11-18-48(13-3,14-4)60-44-38(54)26-32(27-39(44)55)47(9,10)31-24-36(52)43(37(53)25-31)59-21-17-19-49(15-5,16-6)61-45-40(56)28-33(29-41(45)57)46(7,8)30-22-34(50)42(35(51)23-30)58-20-12-2/h11-12,22-29H,1-2,13-21H2,3-10H3. The van der Waals surface area contributed by atoms with Crippen molar-refractivity contribution in [2.75, 3.05) is 13.2 Å². The summed E-state index contributed by atoms with van der Waals surface area (Å²) >= 11 is 30.6. The normalized spacial score (nSPS) is 12.3. The van der Waals surface area contributed by atoms with E-state index in [4.69, 9.17) is 18.9 Å². The van der Waals surface area contributed by atoms with Crippen LogP contribution in [0.5, 0.6) is 23.0 Å².